The summed E-state index contributed by atoms with van der Waals surface area (Å²) in [6.07, 6.45) is 3.54. The molecule has 292 valence electrons. The van der Waals surface area contributed by atoms with E-state index in [-0.39, 0.29) is 36.7 Å². The van der Waals surface area contributed by atoms with Crippen LogP contribution < -0.4 is 19.9 Å². The van der Waals surface area contributed by atoms with Crippen molar-refractivity contribution in [2.75, 3.05) is 64.2 Å². The van der Waals surface area contributed by atoms with Crippen molar-refractivity contribution in [3.05, 3.63) is 82.4 Å². The van der Waals surface area contributed by atoms with Gasteiger partial charge in [-0.1, -0.05) is 19.4 Å². The van der Waals surface area contributed by atoms with E-state index in [0.29, 0.717) is 91.1 Å². The number of anilines is 2. The largest absolute Gasteiger partial charge is 0.481 e. The Labute approximate surface area is 321 Å². The van der Waals surface area contributed by atoms with Crippen LogP contribution in [-0.4, -0.2) is 94.2 Å². The first-order chi connectivity index (χ1) is 26.2. The third-order valence-electron chi connectivity index (χ3n) is 10.9. The lowest BCUT2D eigenvalue weighted by molar-refractivity contribution is -0.151. The number of likely N-dealkylation sites (tertiary alicyclic amines) is 1. The summed E-state index contributed by atoms with van der Waals surface area (Å²) in [7, 11) is 7.80. The van der Waals surface area contributed by atoms with E-state index < -0.39 is 23.5 Å². The van der Waals surface area contributed by atoms with Crippen molar-refractivity contribution in [3.63, 3.8) is 0 Å². The summed E-state index contributed by atoms with van der Waals surface area (Å²) >= 11 is 0. The van der Waals surface area contributed by atoms with Gasteiger partial charge in [-0.25, -0.2) is 4.79 Å². The number of carboxylic acids is 1. The number of benzene rings is 3. The van der Waals surface area contributed by atoms with Gasteiger partial charge in [-0.15, -0.1) is 0 Å². The molecule has 0 aromatic heterocycles. The molecule has 3 aromatic carbocycles. The number of hydrogen-bond acceptors (Lipinski definition) is 10. The summed E-state index contributed by atoms with van der Waals surface area (Å²) in [5, 5.41) is 11.7. The number of unbranched alkanes of at least 4 members (excludes halogenated alkanes) is 2. The number of piperidine rings is 1. The van der Waals surface area contributed by atoms with E-state index in [4.69, 9.17) is 19.3 Å². The van der Waals surface area contributed by atoms with Crippen LogP contribution in [0.2, 0.25) is 0 Å². The Morgan fingerprint density at radius 2 is 1.44 bits per heavy atom. The summed E-state index contributed by atoms with van der Waals surface area (Å²) in [6, 6.07) is 16.8. The van der Waals surface area contributed by atoms with Gasteiger partial charge in [-0.05, 0) is 62.1 Å². The molecule has 3 heterocycles. The Balaban J connectivity index is 1.02. The maximum absolute atomic E-state index is 13.6. The first-order valence-corrected chi connectivity index (χ1v) is 18.8. The van der Waals surface area contributed by atoms with Crippen LogP contribution in [0.1, 0.15) is 95.7 Å². The third kappa shape index (κ3) is 8.25. The van der Waals surface area contributed by atoms with E-state index in [1.807, 2.05) is 86.2 Å². The molecule has 3 aromatic rings. The maximum atomic E-state index is 13.6. The number of rotatable bonds is 14. The topological polar surface area (TPSA) is 155 Å². The highest BCUT2D eigenvalue weighted by Gasteiger charge is 2.54. The standard InChI is InChI=1S/C42H50N4O9/c1-41(26-53-38(50)17-16-37(48)49)18-21-46(22-19-41)36(47)9-7-6-8-20-43-39(51)27-10-13-31-30(23-27)40(52)55-42(31)32-14-11-28(44(2)3)24-34(32)54-35-25-29(45(4)5)12-15-33(35)42/h10-15,23-25H,6-9,16-22,26H2,1-5H3,(H,43,51)(H,48,49). The van der Waals surface area contributed by atoms with Gasteiger partial charge in [0.05, 0.1) is 25.0 Å². The Hall–Kier alpha value is -5.59. The first kappa shape index (κ1) is 39.1. The highest BCUT2D eigenvalue weighted by atomic mass is 16.6. The summed E-state index contributed by atoms with van der Waals surface area (Å²) in [4.78, 5) is 68.1. The summed E-state index contributed by atoms with van der Waals surface area (Å²) < 4.78 is 18.1. The summed E-state index contributed by atoms with van der Waals surface area (Å²) in [5.41, 5.74) is 3.12. The fraction of sp³-hybridized carbons (Fsp3) is 0.452. The van der Waals surface area contributed by atoms with Gasteiger partial charge >= 0.3 is 17.9 Å². The number of carbonyl (C=O) groups excluding carboxylic acids is 4. The number of carbonyl (C=O) groups is 5. The van der Waals surface area contributed by atoms with Crippen molar-refractivity contribution in [3.8, 4) is 11.5 Å². The Bertz CT molecular complexity index is 1930. The average Bonchev–Trinajstić information content (AvgIpc) is 3.45. The molecule has 13 heteroatoms. The van der Waals surface area contributed by atoms with Gasteiger partial charge < -0.3 is 39.3 Å². The number of nitrogens with one attached hydrogen (secondary N) is 1. The molecule has 3 aliphatic heterocycles. The molecule has 0 aliphatic carbocycles. The van der Waals surface area contributed by atoms with E-state index >= 15 is 0 Å². The lowest BCUT2D eigenvalue weighted by Gasteiger charge is -2.39. The molecule has 0 bridgehead atoms. The van der Waals surface area contributed by atoms with Gasteiger partial charge in [0.2, 0.25) is 5.91 Å². The zero-order valence-corrected chi connectivity index (χ0v) is 32.2. The van der Waals surface area contributed by atoms with Crippen LogP contribution in [0.4, 0.5) is 11.4 Å². The van der Waals surface area contributed by atoms with Gasteiger partial charge in [-0.2, -0.15) is 0 Å². The second-order valence-corrected chi connectivity index (χ2v) is 15.4. The number of amides is 2. The van der Waals surface area contributed by atoms with Gasteiger partial charge in [0.15, 0.2) is 5.60 Å². The predicted octanol–water partition coefficient (Wildman–Crippen LogP) is 5.71. The number of hydrogen-bond donors (Lipinski definition) is 2. The molecule has 13 nitrogen and oxygen atoms in total. The maximum Gasteiger partial charge on any atom is 0.340 e. The van der Waals surface area contributed by atoms with Crippen LogP contribution >= 0.6 is 0 Å². The van der Waals surface area contributed by atoms with E-state index in [1.165, 1.54) is 0 Å². The number of fused-ring (bicyclic) bond motifs is 6. The molecular weight excluding hydrogens is 704 g/mol. The normalized spacial score (nSPS) is 15.9. The van der Waals surface area contributed by atoms with Crippen molar-refractivity contribution >= 4 is 41.1 Å². The second kappa shape index (κ2) is 16.0. The Morgan fingerprint density at radius 1 is 0.818 bits per heavy atom. The average molecular weight is 755 g/mol. The van der Waals surface area contributed by atoms with Gasteiger partial charge in [0.25, 0.3) is 5.91 Å². The molecule has 1 spiro atoms. The van der Waals surface area contributed by atoms with Crippen molar-refractivity contribution in [1.29, 1.82) is 0 Å². The van der Waals surface area contributed by atoms with Crippen LogP contribution in [0, 0.1) is 5.41 Å². The number of carboxylic acid groups (broad SMARTS) is 1. The first-order valence-electron chi connectivity index (χ1n) is 18.8. The molecule has 55 heavy (non-hydrogen) atoms. The lowest BCUT2D eigenvalue weighted by Crippen LogP contribution is -2.44. The zero-order chi connectivity index (χ0) is 39.5. The van der Waals surface area contributed by atoms with Crippen molar-refractivity contribution in [2.45, 2.75) is 63.9 Å². The SMILES string of the molecule is CN(C)c1ccc2c(c1)Oc1cc(N(C)C)ccc1C21OC(=O)c2cc(C(=O)NCCCCCC(=O)N3CCC(C)(COC(=O)CCC(=O)O)CC3)ccc21. The fourth-order valence-electron chi connectivity index (χ4n) is 7.42. The number of aliphatic carboxylic acids is 1. The molecule has 2 amide bonds. The molecule has 0 saturated carbocycles. The van der Waals surface area contributed by atoms with E-state index in [2.05, 4.69) is 5.32 Å². The van der Waals surface area contributed by atoms with Crippen LogP contribution in [0.3, 0.4) is 0 Å². The number of nitrogens with zero attached hydrogens (tertiary/aromatic N) is 3. The van der Waals surface area contributed by atoms with E-state index in [0.717, 1.165) is 17.8 Å². The third-order valence-corrected chi connectivity index (χ3v) is 10.9. The predicted molar refractivity (Wildman–Crippen MR) is 206 cm³/mol. The lowest BCUT2D eigenvalue weighted by atomic mass is 9.77. The van der Waals surface area contributed by atoms with Crippen molar-refractivity contribution < 1.29 is 43.3 Å². The van der Waals surface area contributed by atoms with Crippen molar-refractivity contribution in [1.82, 2.24) is 10.2 Å². The smallest absolute Gasteiger partial charge is 0.340 e. The monoisotopic (exact) mass is 754 g/mol. The molecule has 1 fully saturated rings. The zero-order valence-electron chi connectivity index (χ0n) is 32.2. The quantitative estimate of drug-likeness (QED) is 0.154. The number of ether oxygens (including phenoxy) is 3. The molecule has 1 saturated heterocycles. The number of esters is 2. The summed E-state index contributed by atoms with van der Waals surface area (Å²) in [5.74, 6) is -1.11. The van der Waals surface area contributed by atoms with E-state index in [1.54, 1.807) is 18.2 Å². The Kier molecular flexibility index (Phi) is 11.4. The fourth-order valence-corrected chi connectivity index (χ4v) is 7.42. The highest BCUT2D eigenvalue weighted by molar-refractivity contribution is 6.01. The second-order valence-electron chi connectivity index (χ2n) is 15.4. The van der Waals surface area contributed by atoms with Gasteiger partial charge in [-0.3, -0.25) is 19.2 Å². The summed E-state index contributed by atoms with van der Waals surface area (Å²) in [6.45, 7) is 3.81. The van der Waals surface area contributed by atoms with Gasteiger partial charge in [0.1, 0.15) is 11.5 Å². The molecule has 0 radical (unpaired) electrons. The van der Waals surface area contributed by atoms with E-state index in [9.17, 15) is 24.0 Å². The highest BCUT2D eigenvalue weighted by Crippen LogP contribution is 2.57. The molecular formula is C42H50N4O9. The minimum atomic E-state index is -1.25. The minimum Gasteiger partial charge on any atom is -0.481 e. The molecule has 0 atom stereocenters. The van der Waals surface area contributed by atoms with Crippen molar-refractivity contribution in [2.24, 2.45) is 5.41 Å². The minimum absolute atomic E-state index is 0.0818. The molecule has 6 rings (SSSR count). The molecule has 3 aliphatic rings. The van der Waals surface area contributed by atoms with Crippen LogP contribution in [0.25, 0.3) is 0 Å². The van der Waals surface area contributed by atoms with Crippen LogP contribution in [0.15, 0.2) is 54.6 Å². The van der Waals surface area contributed by atoms with Gasteiger partial charge in [0, 0.05) is 105 Å². The van der Waals surface area contributed by atoms with Crippen LogP contribution in [0.5, 0.6) is 11.5 Å². The Morgan fingerprint density at radius 3 is 2.04 bits per heavy atom. The van der Waals surface area contributed by atoms with Crippen LogP contribution in [-0.2, 0) is 29.5 Å². The molecule has 0 unspecified atom stereocenters. The molecule has 2 N–H and O–H groups in total.